The van der Waals surface area contributed by atoms with Crippen molar-refractivity contribution in [1.29, 1.82) is 0 Å². The Hall–Kier alpha value is -3.71. The first kappa shape index (κ1) is 21.5. The second-order valence-corrected chi connectivity index (χ2v) is 7.76. The molecule has 4 aromatic rings. The molecule has 7 nitrogen and oxygen atoms in total. The van der Waals surface area contributed by atoms with Crippen LogP contribution in [-0.2, 0) is 17.9 Å². The van der Waals surface area contributed by atoms with Gasteiger partial charge in [-0.1, -0.05) is 48.9 Å². The number of aromatic nitrogens is 3. The summed E-state index contributed by atoms with van der Waals surface area (Å²) >= 11 is 6.26. The molecule has 0 fully saturated rings. The van der Waals surface area contributed by atoms with Crippen LogP contribution >= 0.6 is 11.6 Å². The Balaban J connectivity index is 2.07. The first-order chi connectivity index (χ1) is 15.4. The van der Waals surface area contributed by atoms with E-state index >= 15 is 0 Å². The second kappa shape index (κ2) is 8.80. The molecule has 1 N–H and O–H groups in total. The van der Waals surface area contributed by atoms with Gasteiger partial charge in [0.1, 0.15) is 6.54 Å². The number of halogens is 1. The van der Waals surface area contributed by atoms with E-state index in [9.17, 15) is 19.5 Å². The number of ketones is 1. The average Bonchev–Trinajstić information content (AvgIpc) is 3.21. The number of pyridine rings is 1. The number of benzene rings is 2. The van der Waals surface area contributed by atoms with Crippen molar-refractivity contribution < 1.29 is 14.7 Å². The summed E-state index contributed by atoms with van der Waals surface area (Å²) in [4.78, 5) is 37.9. The van der Waals surface area contributed by atoms with Crippen LogP contribution in [0.5, 0.6) is 0 Å². The molecule has 0 aliphatic heterocycles. The molecule has 0 bridgehead atoms. The lowest BCUT2D eigenvalue weighted by Crippen LogP contribution is -2.29. The van der Waals surface area contributed by atoms with E-state index in [-0.39, 0.29) is 36.5 Å². The largest absolute Gasteiger partial charge is 0.480 e. The molecule has 8 heteroatoms. The van der Waals surface area contributed by atoms with Crippen molar-refractivity contribution in [3.05, 3.63) is 87.6 Å². The van der Waals surface area contributed by atoms with Crippen LogP contribution < -0.4 is 5.56 Å². The molecule has 0 atom stereocenters. The van der Waals surface area contributed by atoms with Crippen LogP contribution in [0.15, 0.2) is 65.6 Å². The number of carbonyl (C=O) groups excluding carboxylic acids is 1. The Kier molecular flexibility index (Phi) is 5.92. The van der Waals surface area contributed by atoms with Gasteiger partial charge in [0.25, 0.3) is 5.56 Å². The number of carboxylic acid groups (broad SMARTS) is 1. The molecule has 4 rings (SSSR count). The van der Waals surface area contributed by atoms with Gasteiger partial charge in [-0.2, -0.15) is 5.10 Å². The Morgan fingerprint density at radius 3 is 2.50 bits per heavy atom. The normalized spacial score (nSPS) is 11.1. The summed E-state index contributed by atoms with van der Waals surface area (Å²) in [6.45, 7) is 1.40. The molecular formula is C24H20ClN3O4. The van der Waals surface area contributed by atoms with Crippen LogP contribution in [-0.4, -0.2) is 31.2 Å². The number of Topliss-reactive ketones (excluding diaryl/α,β-unsaturated/α-hetero) is 1. The molecule has 32 heavy (non-hydrogen) atoms. The van der Waals surface area contributed by atoms with Gasteiger partial charge in [-0.05, 0) is 35.2 Å². The smallest absolute Gasteiger partial charge is 0.325 e. The lowest BCUT2D eigenvalue weighted by atomic mass is 9.94. The second-order valence-electron chi connectivity index (χ2n) is 7.32. The Morgan fingerprint density at radius 1 is 1.06 bits per heavy atom. The lowest BCUT2D eigenvalue weighted by molar-refractivity contribution is -0.137. The van der Waals surface area contributed by atoms with E-state index in [4.69, 9.17) is 11.6 Å². The SMILES string of the molecule is CCC(=O)c1c(-c2ccccc2)c2cc(Cl)ccc2c(=O)n1Cc1ccnn1CC(=O)O. The van der Waals surface area contributed by atoms with Gasteiger partial charge >= 0.3 is 5.97 Å². The van der Waals surface area contributed by atoms with Crippen LogP contribution in [0.1, 0.15) is 29.5 Å². The molecular weight excluding hydrogens is 430 g/mol. The summed E-state index contributed by atoms with van der Waals surface area (Å²) in [5.41, 5.74) is 1.83. The summed E-state index contributed by atoms with van der Waals surface area (Å²) in [6, 6.07) is 16.0. The van der Waals surface area contributed by atoms with Crippen molar-refractivity contribution >= 4 is 34.1 Å². The Morgan fingerprint density at radius 2 is 1.81 bits per heavy atom. The summed E-state index contributed by atoms with van der Waals surface area (Å²) in [5, 5.41) is 14.7. The first-order valence-electron chi connectivity index (χ1n) is 10.1. The highest BCUT2D eigenvalue weighted by Gasteiger charge is 2.23. The van der Waals surface area contributed by atoms with Crippen molar-refractivity contribution in [2.24, 2.45) is 0 Å². The molecule has 0 amide bonds. The summed E-state index contributed by atoms with van der Waals surface area (Å²) in [6.07, 6.45) is 1.67. The fraction of sp³-hybridized carbons (Fsp3) is 0.167. The topological polar surface area (TPSA) is 94.2 Å². The van der Waals surface area contributed by atoms with Gasteiger partial charge in [0.05, 0.1) is 17.9 Å². The predicted octanol–water partition coefficient (Wildman–Crippen LogP) is 4.24. The number of nitrogens with zero attached hydrogens (tertiary/aromatic N) is 3. The Labute approximate surface area is 188 Å². The number of carboxylic acids is 1. The maximum Gasteiger partial charge on any atom is 0.325 e. The molecule has 0 saturated heterocycles. The molecule has 2 aromatic carbocycles. The molecule has 0 aliphatic carbocycles. The van der Waals surface area contributed by atoms with Crippen LogP contribution in [0.2, 0.25) is 5.02 Å². The van der Waals surface area contributed by atoms with Crippen molar-refractivity contribution in [1.82, 2.24) is 14.3 Å². The van der Waals surface area contributed by atoms with Gasteiger partial charge in [0.15, 0.2) is 5.78 Å². The van der Waals surface area contributed by atoms with E-state index in [1.165, 1.54) is 15.4 Å². The molecule has 0 spiro atoms. The molecule has 2 aromatic heterocycles. The minimum atomic E-state index is -1.05. The van der Waals surface area contributed by atoms with Gasteiger partial charge in [0.2, 0.25) is 0 Å². The fourth-order valence-corrected chi connectivity index (χ4v) is 4.02. The van der Waals surface area contributed by atoms with Gasteiger partial charge in [0, 0.05) is 28.6 Å². The van der Waals surface area contributed by atoms with Crippen LogP contribution in [0, 0.1) is 0 Å². The third-order valence-electron chi connectivity index (χ3n) is 5.29. The summed E-state index contributed by atoms with van der Waals surface area (Å²) in [5.74, 6) is -1.25. The number of hydrogen-bond acceptors (Lipinski definition) is 4. The van der Waals surface area contributed by atoms with E-state index in [1.807, 2.05) is 30.3 Å². The maximum atomic E-state index is 13.5. The highest BCUT2D eigenvalue weighted by atomic mass is 35.5. The van der Waals surface area contributed by atoms with Crippen LogP contribution in [0.3, 0.4) is 0 Å². The van der Waals surface area contributed by atoms with Crippen LogP contribution in [0.4, 0.5) is 0 Å². The predicted molar refractivity (Wildman–Crippen MR) is 122 cm³/mol. The van der Waals surface area contributed by atoms with Crippen molar-refractivity contribution in [2.45, 2.75) is 26.4 Å². The van der Waals surface area contributed by atoms with Crippen molar-refractivity contribution in [2.75, 3.05) is 0 Å². The minimum Gasteiger partial charge on any atom is -0.480 e. The highest BCUT2D eigenvalue weighted by molar-refractivity contribution is 6.31. The number of aliphatic carboxylic acids is 1. The fourth-order valence-electron chi connectivity index (χ4n) is 3.85. The molecule has 0 unspecified atom stereocenters. The number of fused-ring (bicyclic) bond motifs is 1. The molecule has 0 radical (unpaired) electrons. The number of carbonyl (C=O) groups is 2. The van der Waals surface area contributed by atoms with E-state index < -0.39 is 5.97 Å². The van der Waals surface area contributed by atoms with Gasteiger partial charge < -0.3 is 5.11 Å². The quantitative estimate of drug-likeness (QED) is 0.426. The molecule has 0 aliphatic rings. The highest BCUT2D eigenvalue weighted by Crippen LogP contribution is 2.33. The summed E-state index contributed by atoms with van der Waals surface area (Å²) < 4.78 is 2.73. The molecule has 162 valence electrons. The zero-order valence-electron chi connectivity index (χ0n) is 17.3. The van der Waals surface area contributed by atoms with Crippen LogP contribution in [0.25, 0.3) is 21.9 Å². The number of rotatable bonds is 7. The molecule has 0 saturated carbocycles. The third kappa shape index (κ3) is 3.94. The van der Waals surface area contributed by atoms with E-state index in [0.717, 1.165) is 5.56 Å². The Bertz CT molecular complexity index is 1390. The van der Waals surface area contributed by atoms with Gasteiger partial charge in [-0.15, -0.1) is 0 Å². The monoisotopic (exact) mass is 449 g/mol. The number of hydrogen-bond donors (Lipinski definition) is 1. The zero-order chi connectivity index (χ0) is 22.8. The van der Waals surface area contributed by atoms with Gasteiger partial charge in [-0.3, -0.25) is 23.6 Å². The molecule has 2 heterocycles. The third-order valence-corrected chi connectivity index (χ3v) is 5.53. The minimum absolute atomic E-state index is 0.00554. The van der Waals surface area contributed by atoms with E-state index in [1.54, 1.807) is 31.2 Å². The average molecular weight is 450 g/mol. The standard InChI is InChI=1S/C24H20ClN3O4/c1-2-20(29)23-22(15-6-4-3-5-7-15)19-12-16(25)8-9-18(19)24(32)27(23)13-17-10-11-26-28(17)14-21(30)31/h3-12H,2,13-14H2,1H3,(H,30,31). The lowest BCUT2D eigenvalue weighted by Gasteiger charge is -2.19. The van der Waals surface area contributed by atoms with E-state index in [0.29, 0.717) is 27.1 Å². The zero-order valence-corrected chi connectivity index (χ0v) is 18.0. The van der Waals surface area contributed by atoms with Crippen molar-refractivity contribution in [3.8, 4) is 11.1 Å². The van der Waals surface area contributed by atoms with Crippen molar-refractivity contribution in [3.63, 3.8) is 0 Å². The maximum absolute atomic E-state index is 13.5. The summed E-state index contributed by atoms with van der Waals surface area (Å²) in [7, 11) is 0. The van der Waals surface area contributed by atoms with Gasteiger partial charge in [-0.25, -0.2) is 0 Å². The van der Waals surface area contributed by atoms with E-state index in [2.05, 4.69) is 5.10 Å². The first-order valence-corrected chi connectivity index (χ1v) is 10.5.